The summed E-state index contributed by atoms with van der Waals surface area (Å²) >= 11 is 0. The van der Waals surface area contributed by atoms with Gasteiger partial charge in [-0.25, -0.2) is 9.78 Å². The summed E-state index contributed by atoms with van der Waals surface area (Å²) in [5.41, 5.74) is -0.00201. The third-order valence-electron chi connectivity index (χ3n) is 3.65. The molecule has 3 aromatic rings. The molecule has 3 heterocycles. The van der Waals surface area contributed by atoms with Crippen LogP contribution in [0.1, 0.15) is 21.0 Å². The van der Waals surface area contributed by atoms with Crippen molar-refractivity contribution in [3.63, 3.8) is 0 Å². The van der Waals surface area contributed by atoms with Crippen molar-refractivity contribution in [3.05, 3.63) is 54.0 Å². The molecule has 3 aromatic heterocycles. The number of nitrogens with zero attached hydrogens (tertiary/aromatic N) is 4. The van der Waals surface area contributed by atoms with Gasteiger partial charge in [0.1, 0.15) is 11.5 Å². The fourth-order valence-corrected chi connectivity index (χ4v) is 2.26. The molecule has 0 aliphatic carbocycles. The molecule has 11 heteroatoms. The molecule has 0 saturated heterocycles. The number of anilines is 1. The molecule has 0 unspecified atom stereocenters. The topological polar surface area (TPSA) is 135 Å². The summed E-state index contributed by atoms with van der Waals surface area (Å²) in [6.45, 7) is 0. The van der Waals surface area contributed by atoms with Gasteiger partial charge in [-0.1, -0.05) is 6.07 Å². The highest BCUT2D eigenvalue weighted by Crippen LogP contribution is 2.27. The average molecular weight is 411 g/mol. The van der Waals surface area contributed by atoms with E-state index in [-0.39, 0.29) is 40.7 Å². The predicted octanol–water partition coefficient (Wildman–Crippen LogP) is 2.12. The molecule has 1 N–H and O–H groups in total. The number of rotatable bonds is 7. The monoisotopic (exact) mass is 411 g/mol. The van der Waals surface area contributed by atoms with E-state index in [1.54, 1.807) is 18.2 Å². The molecule has 0 atom stereocenters. The number of aromatic nitrogens is 4. The first-order valence-corrected chi connectivity index (χ1v) is 8.50. The zero-order valence-corrected chi connectivity index (χ0v) is 16.3. The first-order chi connectivity index (χ1) is 14.5. The molecule has 0 bridgehead atoms. The summed E-state index contributed by atoms with van der Waals surface area (Å²) in [5.74, 6) is -0.773. The van der Waals surface area contributed by atoms with Crippen LogP contribution in [0.15, 0.2) is 42.6 Å². The lowest BCUT2D eigenvalue weighted by atomic mass is 10.3. The molecule has 30 heavy (non-hydrogen) atoms. The van der Waals surface area contributed by atoms with Crippen LogP contribution in [-0.2, 0) is 4.74 Å². The molecule has 3 rings (SSSR count). The van der Waals surface area contributed by atoms with Crippen molar-refractivity contribution in [2.45, 2.75) is 0 Å². The van der Waals surface area contributed by atoms with Crippen LogP contribution in [0.3, 0.4) is 0 Å². The number of carbonyl (C=O) groups excluding carboxylic acids is 2. The van der Waals surface area contributed by atoms with Gasteiger partial charge in [0.25, 0.3) is 5.91 Å². The minimum atomic E-state index is -0.784. The summed E-state index contributed by atoms with van der Waals surface area (Å²) in [5, 5.41) is 2.56. The van der Waals surface area contributed by atoms with E-state index in [0.29, 0.717) is 0 Å². The summed E-state index contributed by atoms with van der Waals surface area (Å²) in [6.07, 6.45) is 1.49. The van der Waals surface area contributed by atoms with Gasteiger partial charge in [0.2, 0.25) is 11.8 Å². The zero-order chi connectivity index (χ0) is 21.5. The van der Waals surface area contributed by atoms with Crippen LogP contribution in [0, 0.1) is 0 Å². The third-order valence-corrected chi connectivity index (χ3v) is 3.65. The van der Waals surface area contributed by atoms with Gasteiger partial charge in [0.15, 0.2) is 11.4 Å². The first-order valence-electron chi connectivity index (χ1n) is 8.50. The molecule has 11 nitrogen and oxygen atoms in total. The van der Waals surface area contributed by atoms with Crippen LogP contribution in [0.5, 0.6) is 23.5 Å². The Kier molecular flexibility index (Phi) is 6.33. The molecule has 154 valence electrons. The normalized spacial score (nSPS) is 10.1. The van der Waals surface area contributed by atoms with Crippen LogP contribution in [0.4, 0.5) is 5.82 Å². The number of esters is 1. The van der Waals surface area contributed by atoms with Gasteiger partial charge in [-0.3, -0.25) is 9.78 Å². The van der Waals surface area contributed by atoms with Crippen molar-refractivity contribution < 1.29 is 28.5 Å². The average Bonchev–Trinajstić information content (AvgIpc) is 2.79. The SMILES string of the molecule is COC(=O)c1nc(NC(=O)c2ccccn2)ccc1Oc1nc(OC)cc(OC)n1. The maximum absolute atomic E-state index is 12.3. The Morgan fingerprint density at radius 1 is 0.933 bits per heavy atom. The van der Waals surface area contributed by atoms with E-state index in [2.05, 4.69) is 25.3 Å². The molecule has 1 amide bonds. The highest BCUT2D eigenvalue weighted by molar-refractivity contribution is 6.02. The Balaban J connectivity index is 1.90. The fourth-order valence-electron chi connectivity index (χ4n) is 2.26. The van der Waals surface area contributed by atoms with Crippen molar-refractivity contribution in [1.29, 1.82) is 0 Å². The Bertz CT molecular complexity index is 1040. The summed E-state index contributed by atoms with van der Waals surface area (Å²) in [4.78, 5) is 40.6. The molecule has 0 spiro atoms. The van der Waals surface area contributed by atoms with E-state index >= 15 is 0 Å². The number of hydrogen-bond donors (Lipinski definition) is 1. The van der Waals surface area contributed by atoms with Crippen LogP contribution in [-0.4, -0.2) is 53.1 Å². The lowest BCUT2D eigenvalue weighted by Gasteiger charge is -2.11. The standard InChI is InChI=1S/C19H17N5O6/c1-27-14-10-15(28-2)24-19(23-14)30-12-7-8-13(21-16(12)18(26)29-3)22-17(25)11-6-4-5-9-20-11/h4-10H,1-3H3,(H,21,22,25). The molecular formula is C19H17N5O6. The second-order valence-corrected chi connectivity index (χ2v) is 5.54. The summed E-state index contributed by atoms with van der Waals surface area (Å²) in [6, 6.07) is 9.09. The van der Waals surface area contributed by atoms with E-state index in [4.69, 9.17) is 18.9 Å². The third kappa shape index (κ3) is 4.76. The minimum Gasteiger partial charge on any atom is -0.481 e. The number of amides is 1. The maximum atomic E-state index is 12.3. The van der Waals surface area contributed by atoms with Crippen LogP contribution in [0.25, 0.3) is 0 Å². The second-order valence-electron chi connectivity index (χ2n) is 5.54. The molecule has 0 aliphatic heterocycles. The fraction of sp³-hybridized carbons (Fsp3) is 0.158. The molecule has 0 saturated carbocycles. The maximum Gasteiger partial charge on any atom is 0.360 e. The van der Waals surface area contributed by atoms with Crippen molar-refractivity contribution in [3.8, 4) is 23.5 Å². The largest absolute Gasteiger partial charge is 0.481 e. The highest BCUT2D eigenvalue weighted by Gasteiger charge is 2.20. The Morgan fingerprint density at radius 3 is 2.27 bits per heavy atom. The van der Waals surface area contributed by atoms with Gasteiger partial charge < -0.3 is 24.3 Å². The van der Waals surface area contributed by atoms with Gasteiger partial charge in [-0.2, -0.15) is 9.97 Å². The predicted molar refractivity (Wildman–Crippen MR) is 103 cm³/mol. The first kappa shape index (κ1) is 20.5. The molecule has 0 radical (unpaired) electrons. The number of hydrogen-bond acceptors (Lipinski definition) is 10. The molecule has 0 aromatic carbocycles. The Hall–Kier alpha value is -4.28. The number of methoxy groups -OCH3 is 3. The van der Waals surface area contributed by atoms with E-state index in [9.17, 15) is 9.59 Å². The van der Waals surface area contributed by atoms with Crippen LogP contribution in [0.2, 0.25) is 0 Å². The Labute approximate surface area is 171 Å². The number of pyridine rings is 2. The summed E-state index contributed by atoms with van der Waals surface area (Å²) < 4.78 is 20.5. The lowest BCUT2D eigenvalue weighted by Crippen LogP contribution is -2.16. The minimum absolute atomic E-state index is 0.00740. The molecular weight excluding hydrogens is 394 g/mol. The van der Waals surface area contributed by atoms with E-state index < -0.39 is 11.9 Å². The van der Waals surface area contributed by atoms with Crippen molar-refractivity contribution in [2.75, 3.05) is 26.6 Å². The lowest BCUT2D eigenvalue weighted by molar-refractivity contribution is 0.0590. The van der Waals surface area contributed by atoms with Crippen molar-refractivity contribution in [1.82, 2.24) is 19.9 Å². The van der Waals surface area contributed by atoms with E-state index in [1.165, 1.54) is 45.7 Å². The zero-order valence-electron chi connectivity index (χ0n) is 16.3. The number of carbonyl (C=O) groups is 2. The Morgan fingerprint density at radius 2 is 1.67 bits per heavy atom. The highest BCUT2D eigenvalue weighted by atomic mass is 16.5. The van der Waals surface area contributed by atoms with Crippen LogP contribution < -0.4 is 19.5 Å². The number of ether oxygens (including phenoxy) is 4. The van der Waals surface area contributed by atoms with Gasteiger partial charge in [0.05, 0.1) is 27.4 Å². The van der Waals surface area contributed by atoms with Crippen molar-refractivity contribution >= 4 is 17.7 Å². The van der Waals surface area contributed by atoms with Gasteiger partial charge in [-0.05, 0) is 24.3 Å². The van der Waals surface area contributed by atoms with Gasteiger partial charge in [0, 0.05) is 6.20 Å². The summed E-state index contributed by atoms with van der Waals surface area (Å²) in [7, 11) is 4.04. The quantitative estimate of drug-likeness (QED) is 0.576. The van der Waals surface area contributed by atoms with Gasteiger partial charge in [-0.15, -0.1) is 0 Å². The van der Waals surface area contributed by atoms with E-state index in [0.717, 1.165) is 0 Å². The number of nitrogens with one attached hydrogen (secondary N) is 1. The molecule has 0 aliphatic rings. The van der Waals surface area contributed by atoms with E-state index in [1.807, 2.05) is 0 Å². The van der Waals surface area contributed by atoms with Crippen molar-refractivity contribution in [2.24, 2.45) is 0 Å². The van der Waals surface area contributed by atoms with Gasteiger partial charge >= 0.3 is 12.0 Å². The second kappa shape index (κ2) is 9.28. The smallest absolute Gasteiger partial charge is 0.360 e. The molecule has 0 fully saturated rings. The van der Waals surface area contributed by atoms with Crippen LogP contribution >= 0.6 is 0 Å².